The summed E-state index contributed by atoms with van der Waals surface area (Å²) in [6.07, 6.45) is 5.30. The van der Waals surface area contributed by atoms with Gasteiger partial charge < -0.3 is 4.57 Å². The predicted octanol–water partition coefficient (Wildman–Crippen LogP) is 1.39. The third kappa shape index (κ3) is 1.51. The average Bonchev–Trinajstić information content (AvgIpc) is 2.73. The molecule has 2 aromatic rings. The lowest BCUT2D eigenvalue weighted by Gasteiger charge is -2.26. The maximum atomic E-state index is 4.07. The van der Waals surface area contributed by atoms with Gasteiger partial charge in [-0.1, -0.05) is 0 Å². The summed E-state index contributed by atoms with van der Waals surface area (Å²) < 4.78 is 2.36. The molecule has 3 heterocycles. The highest BCUT2D eigenvalue weighted by Gasteiger charge is 2.16. The van der Waals surface area contributed by atoms with Crippen LogP contribution < -0.4 is 0 Å². The van der Waals surface area contributed by atoms with Crippen LogP contribution in [0.4, 0.5) is 0 Å². The van der Waals surface area contributed by atoms with Gasteiger partial charge in [0.15, 0.2) is 0 Å². The molecule has 0 spiro atoms. The van der Waals surface area contributed by atoms with Crippen molar-refractivity contribution in [1.82, 2.24) is 19.4 Å². The smallest absolute Gasteiger partial charge is 0.115 e. The van der Waals surface area contributed by atoms with E-state index in [1.807, 2.05) is 12.4 Å². The third-order valence-electron chi connectivity index (χ3n) is 3.06. The van der Waals surface area contributed by atoms with Gasteiger partial charge in [0, 0.05) is 43.3 Å². The molecule has 16 heavy (non-hydrogen) atoms. The molecular formula is C12H14N4. The van der Waals surface area contributed by atoms with Gasteiger partial charge in [-0.15, -0.1) is 0 Å². The largest absolute Gasteiger partial charge is 0.342 e. The van der Waals surface area contributed by atoms with Gasteiger partial charge in [0.25, 0.3) is 0 Å². The molecule has 0 saturated heterocycles. The molecule has 82 valence electrons. The molecule has 3 rings (SSSR count). The van der Waals surface area contributed by atoms with Gasteiger partial charge in [-0.2, -0.15) is 0 Å². The van der Waals surface area contributed by atoms with E-state index in [0.717, 1.165) is 25.2 Å². The van der Waals surface area contributed by atoms with E-state index in [4.69, 9.17) is 0 Å². The van der Waals surface area contributed by atoms with Crippen molar-refractivity contribution in [3.05, 3.63) is 36.5 Å². The van der Waals surface area contributed by atoms with E-state index in [0.29, 0.717) is 0 Å². The summed E-state index contributed by atoms with van der Waals surface area (Å²) in [6, 6.07) is 4.35. The van der Waals surface area contributed by atoms with Crippen molar-refractivity contribution >= 4 is 0 Å². The summed E-state index contributed by atoms with van der Waals surface area (Å²) in [5, 5.41) is 0. The minimum Gasteiger partial charge on any atom is -0.342 e. The topological polar surface area (TPSA) is 34.0 Å². The lowest BCUT2D eigenvalue weighted by Crippen LogP contribution is -2.30. The Bertz CT molecular complexity index is 489. The van der Waals surface area contributed by atoms with Crippen molar-refractivity contribution in [1.29, 1.82) is 0 Å². The van der Waals surface area contributed by atoms with E-state index in [-0.39, 0.29) is 0 Å². The van der Waals surface area contributed by atoms with E-state index >= 15 is 0 Å². The van der Waals surface area contributed by atoms with Crippen LogP contribution >= 0.6 is 0 Å². The van der Waals surface area contributed by atoms with Crippen molar-refractivity contribution < 1.29 is 0 Å². The number of likely N-dealkylation sites (N-methyl/N-ethyl adjacent to an activating group) is 1. The Kier molecular flexibility index (Phi) is 2.22. The first kappa shape index (κ1) is 9.54. The van der Waals surface area contributed by atoms with Crippen LogP contribution in [0.3, 0.4) is 0 Å². The Labute approximate surface area is 94.6 Å². The van der Waals surface area contributed by atoms with Crippen molar-refractivity contribution in [3.8, 4) is 11.3 Å². The molecule has 4 heteroatoms. The van der Waals surface area contributed by atoms with Crippen LogP contribution in [0, 0.1) is 0 Å². The summed E-state index contributed by atoms with van der Waals surface area (Å²) in [4.78, 5) is 10.5. The second-order valence-electron chi connectivity index (χ2n) is 4.23. The summed E-state index contributed by atoms with van der Waals surface area (Å²) in [6.45, 7) is 3.17. The fraction of sp³-hybridized carbons (Fsp3) is 0.333. The molecule has 0 atom stereocenters. The standard InChI is InChI=1S/C12H14N4/c1-15-4-5-16-11(8-15)2-3-12(16)10-6-13-9-14-7-10/h2-3,6-7,9H,4-5,8H2,1H3. The zero-order chi connectivity index (χ0) is 11.0. The van der Waals surface area contributed by atoms with Crippen LogP contribution in [0.5, 0.6) is 0 Å². The van der Waals surface area contributed by atoms with Gasteiger partial charge in [0.1, 0.15) is 6.33 Å². The van der Waals surface area contributed by atoms with E-state index in [1.54, 1.807) is 6.33 Å². The summed E-state index contributed by atoms with van der Waals surface area (Å²) in [5.74, 6) is 0. The predicted molar refractivity (Wildman–Crippen MR) is 61.8 cm³/mol. The van der Waals surface area contributed by atoms with Crippen molar-refractivity contribution in [2.45, 2.75) is 13.1 Å². The Hall–Kier alpha value is -1.68. The van der Waals surface area contributed by atoms with E-state index < -0.39 is 0 Å². The van der Waals surface area contributed by atoms with Crippen LogP contribution in [-0.2, 0) is 13.1 Å². The summed E-state index contributed by atoms with van der Waals surface area (Å²) in [5.41, 5.74) is 3.69. The first-order chi connectivity index (χ1) is 7.84. The highest BCUT2D eigenvalue weighted by atomic mass is 15.2. The van der Waals surface area contributed by atoms with Gasteiger partial charge in [-0.3, -0.25) is 4.90 Å². The van der Waals surface area contributed by atoms with Gasteiger partial charge in [-0.05, 0) is 19.2 Å². The van der Waals surface area contributed by atoms with E-state index in [9.17, 15) is 0 Å². The zero-order valence-electron chi connectivity index (χ0n) is 9.30. The monoisotopic (exact) mass is 214 g/mol. The molecule has 4 nitrogen and oxygen atoms in total. The number of nitrogens with zero attached hydrogens (tertiary/aromatic N) is 4. The number of hydrogen-bond donors (Lipinski definition) is 0. The Balaban J connectivity index is 2.04. The molecule has 1 aliphatic rings. The lowest BCUT2D eigenvalue weighted by molar-refractivity contribution is 0.271. The summed E-state index contributed by atoms with van der Waals surface area (Å²) in [7, 11) is 2.15. The van der Waals surface area contributed by atoms with Gasteiger partial charge >= 0.3 is 0 Å². The molecular weight excluding hydrogens is 200 g/mol. The van der Waals surface area contributed by atoms with Crippen molar-refractivity contribution in [3.63, 3.8) is 0 Å². The number of rotatable bonds is 1. The van der Waals surface area contributed by atoms with E-state index in [2.05, 4.69) is 38.6 Å². The van der Waals surface area contributed by atoms with Crippen molar-refractivity contribution in [2.24, 2.45) is 0 Å². The second-order valence-corrected chi connectivity index (χ2v) is 4.23. The Morgan fingerprint density at radius 2 is 1.94 bits per heavy atom. The fourth-order valence-electron chi connectivity index (χ4n) is 2.22. The van der Waals surface area contributed by atoms with Crippen LogP contribution in [0.2, 0.25) is 0 Å². The first-order valence-corrected chi connectivity index (χ1v) is 5.47. The first-order valence-electron chi connectivity index (χ1n) is 5.47. The zero-order valence-corrected chi connectivity index (χ0v) is 9.30. The minimum atomic E-state index is 1.02. The molecule has 0 aliphatic carbocycles. The fourth-order valence-corrected chi connectivity index (χ4v) is 2.22. The quantitative estimate of drug-likeness (QED) is 0.719. The third-order valence-corrected chi connectivity index (χ3v) is 3.06. The minimum absolute atomic E-state index is 1.02. The molecule has 0 radical (unpaired) electrons. The molecule has 2 aromatic heterocycles. The van der Waals surface area contributed by atoms with Crippen LogP contribution in [-0.4, -0.2) is 33.0 Å². The maximum Gasteiger partial charge on any atom is 0.115 e. The van der Waals surface area contributed by atoms with Crippen molar-refractivity contribution in [2.75, 3.05) is 13.6 Å². The Morgan fingerprint density at radius 1 is 1.12 bits per heavy atom. The lowest BCUT2D eigenvalue weighted by atomic mass is 10.2. The van der Waals surface area contributed by atoms with Gasteiger partial charge in [-0.25, -0.2) is 9.97 Å². The van der Waals surface area contributed by atoms with E-state index in [1.165, 1.54) is 11.4 Å². The number of fused-ring (bicyclic) bond motifs is 1. The van der Waals surface area contributed by atoms with Crippen LogP contribution in [0.15, 0.2) is 30.9 Å². The number of hydrogen-bond acceptors (Lipinski definition) is 3. The maximum absolute atomic E-state index is 4.07. The molecule has 1 aliphatic heterocycles. The van der Waals surface area contributed by atoms with Gasteiger partial charge in [0.05, 0.1) is 5.69 Å². The molecule has 0 N–H and O–H groups in total. The SMILES string of the molecule is CN1CCn2c(ccc2-c2cncnc2)C1. The summed E-state index contributed by atoms with van der Waals surface area (Å²) >= 11 is 0. The number of aromatic nitrogens is 3. The highest BCUT2D eigenvalue weighted by Crippen LogP contribution is 2.24. The molecule has 0 amide bonds. The van der Waals surface area contributed by atoms with Gasteiger partial charge in [0.2, 0.25) is 0 Å². The second kappa shape index (κ2) is 3.72. The molecule has 0 unspecified atom stereocenters. The van der Waals surface area contributed by atoms with Crippen LogP contribution in [0.25, 0.3) is 11.3 Å². The molecule has 0 fully saturated rings. The molecule has 0 bridgehead atoms. The Morgan fingerprint density at radius 3 is 2.75 bits per heavy atom. The normalized spacial score (nSPS) is 16.1. The average molecular weight is 214 g/mol. The molecule has 0 aromatic carbocycles. The van der Waals surface area contributed by atoms with Crippen LogP contribution in [0.1, 0.15) is 5.69 Å². The highest BCUT2D eigenvalue weighted by molar-refractivity contribution is 5.58. The molecule has 0 saturated carbocycles.